The number of ether oxygens (including phenoxy) is 2. The van der Waals surface area contributed by atoms with Gasteiger partial charge >= 0.3 is 0 Å². The number of aromatic nitrogens is 3. The molecule has 4 rings (SSSR count). The molecule has 1 N–H and O–H groups in total. The Hall–Kier alpha value is -2.06. The van der Waals surface area contributed by atoms with E-state index >= 15 is 0 Å². The van der Waals surface area contributed by atoms with Gasteiger partial charge in [0, 0.05) is 23.9 Å². The molecule has 1 saturated heterocycles. The Morgan fingerprint density at radius 2 is 2.28 bits per heavy atom. The van der Waals surface area contributed by atoms with E-state index in [1.165, 1.54) is 17.7 Å². The highest BCUT2D eigenvalue weighted by Gasteiger charge is 2.19. The quantitative estimate of drug-likeness (QED) is 0.520. The van der Waals surface area contributed by atoms with E-state index in [4.69, 9.17) is 14.0 Å². The molecule has 0 amide bonds. The summed E-state index contributed by atoms with van der Waals surface area (Å²) in [7, 11) is -2.68. The van der Waals surface area contributed by atoms with E-state index < -0.39 is 7.37 Å². The van der Waals surface area contributed by atoms with Crippen LogP contribution in [0.3, 0.4) is 0 Å². The van der Waals surface area contributed by atoms with E-state index in [1.54, 1.807) is 6.66 Å². The summed E-state index contributed by atoms with van der Waals surface area (Å²) in [6.45, 7) is 5.24. The lowest BCUT2D eigenvalue weighted by molar-refractivity contribution is 0.141. The minimum absolute atomic E-state index is 0.0742. The smallest absolute Gasteiger partial charge is 0.206 e. The van der Waals surface area contributed by atoms with Crippen LogP contribution >= 0.6 is 18.7 Å². The summed E-state index contributed by atoms with van der Waals surface area (Å²) in [6.07, 6.45) is 2.79. The van der Waals surface area contributed by atoms with Crippen LogP contribution in [-0.2, 0) is 20.0 Å². The largest absolute Gasteiger partial charge is 0.488 e. The molecule has 2 aromatic heterocycles. The maximum Gasteiger partial charge on any atom is 0.206 e. The second kappa shape index (κ2) is 8.75. The maximum absolute atomic E-state index is 12.4. The van der Waals surface area contributed by atoms with Crippen LogP contribution in [0.5, 0.6) is 5.75 Å². The van der Waals surface area contributed by atoms with Gasteiger partial charge in [0.1, 0.15) is 24.0 Å². The third-order valence-electron chi connectivity index (χ3n) is 4.43. The number of hydrogen-bond acceptors (Lipinski definition) is 9. The third kappa shape index (κ3) is 5.11. The molecule has 3 aromatic rings. The molecule has 0 aliphatic carbocycles. The average molecular weight is 434 g/mol. The number of hydrogen-bond donors (Lipinski definition) is 1. The molecule has 3 heterocycles. The molecule has 0 radical (unpaired) electrons. The van der Waals surface area contributed by atoms with Crippen molar-refractivity contribution in [2.24, 2.45) is 0 Å². The van der Waals surface area contributed by atoms with Crippen molar-refractivity contribution >= 4 is 40.6 Å². The molecule has 1 aromatic carbocycles. The predicted octanol–water partition coefficient (Wildman–Crippen LogP) is 4.44. The topological polar surface area (TPSA) is 95.5 Å². The Kier molecular flexibility index (Phi) is 6.10. The first kappa shape index (κ1) is 20.2. The molecule has 0 saturated carbocycles. The summed E-state index contributed by atoms with van der Waals surface area (Å²) in [4.78, 5) is 13.2. The number of nitrogens with one attached hydrogen (secondary N) is 1. The number of thiazole rings is 1. The van der Waals surface area contributed by atoms with E-state index in [9.17, 15) is 4.57 Å². The zero-order valence-corrected chi connectivity index (χ0v) is 18.0. The average Bonchev–Trinajstić information content (AvgIpc) is 3.34. The number of fused-ring (bicyclic) bond motifs is 1. The lowest BCUT2D eigenvalue weighted by Gasteiger charge is -2.13. The van der Waals surface area contributed by atoms with Gasteiger partial charge in [-0.3, -0.25) is 4.57 Å². The minimum Gasteiger partial charge on any atom is -0.488 e. The molecular weight excluding hydrogens is 411 g/mol. The molecule has 1 fully saturated rings. The van der Waals surface area contributed by atoms with Gasteiger partial charge in [0.2, 0.25) is 7.37 Å². The molecule has 154 valence electrons. The predicted molar refractivity (Wildman–Crippen MR) is 114 cm³/mol. The van der Waals surface area contributed by atoms with Crippen molar-refractivity contribution in [3.63, 3.8) is 0 Å². The van der Waals surface area contributed by atoms with Gasteiger partial charge in [-0.15, -0.1) is 11.3 Å². The first-order valence-corrected chi connectivity index (χ1v) is 12.6. The van der Waals surface area contributed by atoms with Gasteiger partial charge in [-0.2, -0.15) is 0 Å². The summed E-state index contributed by atoms with van der Waals surface area (Å²) >= 11 is 1.43. The minimum atomic E-state index is -2.68. The van der Waals surface area contributed by atoms with E-state index in [0.29, 0.717) is 30.3 Å². The highest BCUT2D eigenvalue weighted by Crippen LogP contribution is 2.46. The molecular formula is C19H23N4O4PS. The fourth-order valence-corrected chi connectivity index (χ4v) is 5.38. The van der Waals surface area contributed by atoms with Crippen molar-refractivity contribution in [1.29, 1.82) is 0 Å². The summed E-state index contributed by atoms with van der Waals surface area (Å²) in [5, 5.41) is 6.65. The highest BCUT2D eigenvalue weighted by molar-refractivity contribution is 7.57. The fraction of sp³-hybridized carbons (Fsp3) is 0.421. The number of benzene rings is 1. The Balaban J connectivity index is 1.53. The van der Waals surface area contributed by atoms with Crippen LogP contribution in [0.25, 0.3) is 10.9 Å². The zero-order chi connectivity index (χ0) is 20.3. The Morgan fingerprint density at radius 1 is 1.38 bits per heavy atom. The Bertz CT molecular complexity index is 1040. The molecule has 8 nitrogen and oxygen atoms in total. The molecule has 1 aliphatic heterocycles. The lowest BCUT2D eigenvalue weighted by atomic mass is 10.2. The Labute approximate surface area is 173 Å². The van der Waals surface area contributed by atoms with Crippen LogP contribution in [0, 0.1) is 0 Å². The van der Waals surface area contributed by atoms with Gasteiger partial charge in [-0.05, 0) is 25.1 Å². The van der Waals surface area contributed by atoms with Crippen LogP contribution in [0.15, 0.2) is 29.9 Å². The van der Waals surface area contributed by atoms with Gasteiger partial charge in [0.15, 0.2) is 5.13 Å². The number of nitrogens with zero attached hydrogens (tertiary/aromatic N) is 3. The van der Waals surface area contributed by atoms with Crippen molar-refractivity contribution in [3.05, 3.63) is 35.6 Å². The van der Waals surface area contributed by atoms with Crippen molar-refractivity contribution in [2.75, 3.05) is 31.8 Å². The Morgan fingerprint density at radius 3 is 3.07 bits per heavy atom. The second-order valence-corrected chi connectivity index (χ2v) is 10.3. The van der Waals surface area contributed by atoms with Crippen molar-refractivity contribution in [1.82, 2.24) is 15.0 Å². The summed E-state index contributed by atoms with van der Waals surface area (Å²) in [5.74, 6) is 1.41. The van der Waals surface area contributed by atoms with Crippen LogP contribution in [0.2, 0.25) is 0 Å². The summed E-state index contributed by atoms with van der Waals surface area (Å²) < 4.78 is 29.1. The van der Waals surface area contributed by atoms with Gasteiger partial charge in [-0.1, -0.05) is 0 Å². The fourth-order valence-electron chi connectivity index (χ4n) is 3.16. The highest BCUT2D eigenvalue weighted by atomic mass is 32.1. The molecule has 2 atom stereocenters. The summed E-state index contributed by atoms with van der Waals surface area (Å²) in [6, 6.07) is 5.75. The number of rotatable bonds is 8. The second-order valence-electron chi connectivity index (χ2n) is 6.86. The normalized spacial score (nSPS) is 18.6. The molecule has 1 unspecified atom stereocenters. The van der Waals surface area contributed by atoms with Crippen LogP contribution in [0.1, 0.15) is 19.0 Å². The summed E-state index contributed by atoms with van der Waals surface area (Å²) in [5.41, 5.74) is 1.55. The van der Waals surface area contributed by atoms with Crippen LogP contribution in [0.4, 0.5) is 10.9 Å². The van der Waals surface area contributed by atoms with Gasteiger partial charge in [0.25, 0.3) is 0 Å². The van der Waals surface area contributed by atoms with E-state index in [2.05, 4.69) is 20.3 Å². The van der Waals surface area contributed by atoms with Crippen molar-refractivity contribution in [2.45, 2.75) is 25.6 Å². The lowest BCUT2D eigenvalue weighted by Crippen LogP contribution is -2.15. The molecule has 29 heavy (non-hydrogen) atoms. The maximum atomic E-state index is 12.4. The first-order valence-electron chi connectivity index (χ1n) is 9.44. The van der Waals surface area contributed by atoms with Gasteiger partial charge in [0.05, 0.1) is 37.2 Å². The zero-order valence-electron chi connectivity index (χ0n) is 16.3. The van der Waals surface area contributed by atoms with Crippen molar-refractivity contribution < 1.29 is 18.6 Å². The van der Waals surface area contributed by atoms with Crippen molar-refractivity contribution in [3.8, 4) is 5.75 Å². The first-order chi connectivity index (χ1) is 14.0. The SMILES string of the molecule is CCOP(C)(=O)Cc1csc(Nc2ncnc3ccc(O[C@H]4CCOC4)cc23)n1. The van der Waals surface area contributed by atoms with Gasteiger partial charge < -0.3 is 19.3 Å². The van der Waals surface area contributed by atoms with E-state index in [0.717, 1.165) is 35.4 Å². The van der Waals surface area contributed by atoms with Gasteiger partial charge in [-0.25, -0.2) is 15.0 Å². The van der Waals surface area contributed by atoms with E-state index in [-0.39, 0.29) is 6.10 Å². The molecule has 0 bridgehead atoms. The van der Waals surface area contributed by atoms with Crippen LogP contribution < -0.4 is 10.1 Å². The van der Waals surface area contributed by atoms with Crippen LogP contribution in [-0.4, -0.2) is 47.5 Å². The molecule has 10 heteroatoms. The molecule has 1 aliphatic rings. The number of anilines is 2. The molecule has 0 spiro atoms. The standard InChI is InChI=1S/C19H23N4O4PS/c1-3-26-28(2,24)10-13-11-29-19(22-13)23-18-16-8-14(27-15-6-7-25-9-15)4-5-17(16)20-12-21-18/h4-5,8,11-12,15H,3,6-7,9-10H2,1-2H3,(H,20,21,22,23)/t15-,28?/m0/s1. The third-order valence-corrected chi connectivity index (χ3v) is 6.94. The van der Waals surface area contributed by atoms with E-state index in [1.807, 2.05) is 30.5 Å². The monoisotopic (exact) mass is 434 g/mol.